The number of carbonyl (C=O) groups excluding carboxylic acids is 7. The molecular formula is C78H126B22Br2ClFK2N22O13S5. The van der Waals surface area contributed by atoms with Gasteiger partial charge in [-0.25, -0.2) is 34.5 Å². The number of nitrogens with zero attached hydrogens (tertiary/aromatic N) is 11. The molecule has 5 aliphatic heterocycles. The van der Waals surface area contributed by atoms with Crippen molar-refractivity contribution in [3.05, 3.63) is 114 Å². The van der Waals surface area contributed by atoms with Crippen LogP contribution in [-0.4, -0.2) is 389 Å². The first-order chi connectivity index (χ1) is 67.0. The number of aliphatic hydroxyl groups excluding tert-OH is 1. The first-order valence-electron chi connectivity index (χ1n) is 45.5. The number of hydrogen-bond acceptors (Lipinski definition) is 35. The van der Waals surface area contributed by atoms with Gasteiger partial charge in [0.05, 0.1) is 43.3 Å². The van der Waals surface area contributed by atoms with Gasteiger partial charge in [0.15, 0.2) is 25.7 Å². The average molecular weight is 2270 g/mol. The standard InChI is InChI=1S/C20H25N5O2S.C13H22N4O2S.C10H18N4S.C10H20N2O2.C10H9NO3.C8H14N4S.C3H3BrN2S.CH3F.CH2O3.CH4O.CH4.B22.BrH.ClH.2K.H/c1-4-17(26)22-15-7-5-6-14(12-15)19(27)23-20-21-13-18(28-20)25-10-8-16(9-11-25)24(2)3;1-13(2,3)19-12(18)16-9-4-6-17(7-5-9)10-8-15-11(14)20-10;1-13(2)8-3-5-14(6-4-8)9-7-12-10(11)15-9;1-10(2,3)14-9(13)12-8-4-6-11-7-5-8;1-2-10(13)11-8-4-3-5-9(6-8)14-7-12;9-6-1-3-12(4-2-6)7-5-11-8(10)13-7;4-2-1-6-3(5)7-2;1-2;2-1-4-3;1-2;;1-13(2)19(14(3)4)22(20(15(5)6)16(7)8)21(17(9)10)18(11)12;;;;;/h4-7,12-13,16H,1,8-11H2,2-3H3,(H,22,26)(H,21,23,27);8-9H,4-7H2,1-3H3,(H2,14,15)(H,16,18);7-8H,3-6H2,1-2H3,(H2,11,12);8,11H,4-7H2,1-3H3,(H,12,13);2-7H,1H2,(H,11,13);5-6H,1-4,9H2,(H2,10,11);1H,(H2,5,6);1H3;1,3H;2H,1H3;1H4;;2*1H;;;/q;;;;;;;;;;;;;;2*+1;-1/p-1/i;;;;;;;1D;;;;;;;;;. The van der Waals surface area contributed by atoms with Crippen LogP contribution in [-0.2, 0) is 33.5 Å². The van der Waals surface area contributed by atoms with Crippen LogP contribution in [0.25, 0.3) is 0 Å². The number of ether oxygens (including phenoxy) is 3. The van der Waals surface area contributed by atoms with Crippen molar-refractivity contribution in [2.45, 2.75) is 155 Å². The molecule has 68 heteroatoms. The maximum Gasteiger partial charge on any atom is 1.00 e. The Morgan fingerprint density at radius 1 is 0.541 bits per heavy atom. The number of aliphatic hydroxyl groups is 1. The van der Waals surface area contributed by atoms with Crippen LogP contribution < -0.4 is 193 Å². The van der Waals surface area contributed by atoms with Crippen molar-refractivity contribution in [3.8, 4) is 5.75 Å². The summed E-state index contributed by atoms with van der Waals surface area (Å²) in [5.41, 5.74) is 28.6. The summed E-state index contributed by atoms with van der Waals surface area (Å²) < 4.78 is 31.5. The molecule has 24 radical (unpaired) electrons. The molecule has 5 aromatic heterocycles. The molecule has 0 bridgehead atoms. The monoisotopic (exact) mass is 2270 g/mol. The molecule has 5 saturated heterocycles. The zero-order valence-electron chi connectivity index (χ0n) is 86.9. The molecule has 0 spiro atoms. The number of nitrogen functional groups attached to an aromatic ring is 4. The number of alkyl carbamates (subject to hydrolysis) is 2. The Balaban J connectivity index is -0.000000527. The number of rotatable bonds is 26. The summed E-state index contributed by atoms with van der Waals surface area (Å²) in [6.45, 7) is 28.1. The van der Waals surface area contributed by atoms with Gasteiger partial charge in [-0.2, -0.15) is 0 Å². The van der Waals surface area contributed by atoms with Gasteiger partial charge in [-0.1, -0.05) is 89.4 Å². The predicted molar refractivity (Wildman–Crippen MR) is 633 cm³/mol. The molecule has 17 N–H and O–H groups in total. The van der Waals surface area contributed by atoms with Crippen molar-refractivity contribution < 1.29 is 173 Å². The van der Waals surface area contributed by atoms with Gasteiger partial charge in [-0.05, 0) is 205 Å². The van der Waals surface area contributed by atoms with Crippen molar-refractivity contribution in [1.29, 1.82) is 0 Å². The number of aromatic nitrogens is 5. The van der Waals surface area contributed by atoms with E-state index in [9.17, 15) is 33.2 Å². The van der Waals surface area contributed by atoms with Gasteiger partial charge in [-0.3, -0.25) is 33.7 Å². The van der Waals surface area contributed by atoms with Crippen LogP contribution in [0.2, 0.25) is 0 Å². The first-order valence-corrected chi connectivity index (χ1v) is 49.7. The molecule has 0 saturated carbocycles. The molecule has 35 nitrogen and oxygen atoms in total. The molecule has 7 aromatic rings. The Bertz CT molecular complexity index is 4710. The van der Waals surface area contributed by atoms with Gasteiger partial charge < -0.3 is 116 Å². The maximum atomic E-state index is 12.5. The number of hydrogen-bond donors (Lipinski definition) is 12. The van der Waals surface area contributed by atoms with Crippen molar-refractivity contribution in [1.82, 2.24) is 50.7 Å². The Kier molecular flexibility index (Phi) is 80.8. The summed E-state index contributed by atoms with van der Waals surface area (Å²) in [5, 5.41) is 40.1. The van der Waals surface area contributed by atoms with E-state index in [1.807, 2.05) is 66.3 Å². The predicted octanol–water partition coefficient (Wildman–Crippen LogP) is -2.72. The number of halogens is 4. The molecule has 12 rings (SSSR count). The Hall–Kier alpha value is -4.00. The quantitative estimate of drug-likeness (QED) is 0.00862. The van der Waals surface area contributed by atoms with E-state index < -0.39 is 82.2 Å². The van der Waals surface area contributed by atoms with Crippen molar-refractivity contribution >= 4 is 359 Å². The molecular weight excluding hydrogens is 2140 g/mol. The van der Waals surface area contributed by atoms with E-state index in [1.165, 1.54) is 69.0 Å². The largest absolute Gasteiger partial charge is 1.00 e. The van der Waals surface area contributed by atoms with E-state index >= 15 is 0 Å². The van der Waals surface area contributed by atoms with Crippen LogP contribution in [0.15, 0.2) is 109 Å². The maximum absolute atomic E-state index is 12.5. The fourth-order valence-electron chi connectivity index (χ4n) is 14.6. The summed E-state index contributed by atoms with van der Waals surface area (Å²) in [6, 6.07) is 15.4. The molecule has 0 aliphatic carbocycles. The number of anilines is 11. The summed E-state index contributed by atoms with van der Waals surface area (Å²) in [5.74, 6) is -0.516. The third kappa shape index (κ3) is 60.8. The van der Waals surface area contributed by atoms with Gasteiger partial charge >= 0.3 is 115 Å². The molecule has 2 aromatic carbocycles. The Morgan fingerprint density at radius 3 is 1.16 bits per heavy atom. The van der Waals surface area contributed by atoms with E-state index in [1.54, 1.807) is 71.3 Å². The minimum atomic E-state index is -1.00. The Labute approximate surface area is 1020 Å². The second-order valence-electron chi connectivity index (χ2n) is 34.5. The number of nitrogens with one attached hydrogen (secondary N) is 6. The van der Waals surface area contributed by atoms with Crippen molar-refractivity contribution in [3.63, 3.8) is 0 Å². The smallest absolute Gasteiger partial charge is 1.00 e. The van der Waals surface area contributed by atoms with Crippen LogP contribution in [0, 0.1) is 0 Å². The topological polar surface area (TPSA) is 486 Å². The van der Waals surface area contributed by atoms with Crippen LogP contribution >= 0.6 is 102 Å². The third-order valence-corrected chi connectivity index (χ3v) is 26.2. The van der Waals surface area contributed by atoms with Gasteiger partial charge in [0.2, 0.25) is 11.8 Å². The molecule has 0 unspecified atom stereocenters. The van der Waals surface area contributed by atoms with Crippen molar-refractivity contribution in [2.24, 2.45) is 5.73 Å². The minimum Gasteiger partial charge on any atom is -1.00 e. The van der Waals surface area contributed by atoms with Crippen LogP contribution in [0.3, 0.4) is 0 Å². The van der Waals surface area contributed by atoms with E-state index in [4.69, 9.17) is 148 Å². The molecule has 752 valence electrons. The zero-order valence-corrected chi connectivity index (χ0v) is 99.4. The van der Waals surface area contributed by atoms with E-state index in [-0.39, 0.29) is 189 Å². The number of benzene rings is 2. The normalized spacial score (nSPS) is 13.6. The number of thiazole rings is 5. The zero-order chi connectivity index (χ0) is 107. The average Bonchev–Trinajstić information content (AvgIpc) is 0.883. The minimum absolute atomic E-state index is 0. The molecule has 146 heavy (non-hydrogen) atoms. The molecule has 5 amide bonds. The van der Waals surface area contributed by atoms with E-state index in [0.29, 0.717) is 66.9 Å². The number of amides is 5. The summed E-state index contributed by atoms with van der Waals surface area (Å²) in [7, 11) is 78.2. The fourth-order valence-corrected chi connectivity index (χ4v) is 18.7. The second kappa shape index (κ2) is 80.7. The second-order valence-corrected chi connectivity index (χ2v) is 41.1. The first kappa shape index (κ1) is 146. The van der Waals surface area contributed by atoms with E-state index in [2.05, 4.69) is 153 Å². The SMILES string of the molecule is Br.C.C=CC(=O)Nc1cccc(C(=O)Nc2ncc(N3CCC(N(C)C)CC3)s2)c1.C=CC(=O)Nc1cccc(OC=O)c1.CC(C)(C)OC(=O)NC1CCN(c2cnc(N)s2)CC1.CC(C)(C)OC(=O)NC1CCNCC1.CN(C)C1CCN(c2cnc(N)s2)CC1.CO.Cl.Nc1ncc(Br)s1.Nc1ncc(N2CCC(N)CC2)s1.O=CO[O-].[2H]CF.[B]B([B])B(B([B])[B])B(B(B([B])[B])B([B])[B])B(B([B])[B])B([B])[B].[H-].[K+].[K+]. The van der Waals surface area contributed by atoms with E-state index in [0.717, 1.165) is 150 Å². The molecule has 5 aliphatic rings. The summed E-state index contributed by atoms with van der Waals surface area (Å²) >= 11 is 10.7. The Morgan fingerprint density at radius 2 is 0.863 bits per heavy atom. The molecule has 10 heterocycles. The third-order valence-electron chi connectivity index (χ3n) is 21.3. The number of piperidine rings is 5. The van der Waals surface area contributed by atoms with Gasteiger partial charge in [-0.15, -0.1) is 29.4 Å². The summed E-state index contributed by atoms with van der Waals surface area (Å²) in [6.07, 6.45) is 13.0. The fraction of sp³-hybridized carbons (Fsp3) is 0.513. The van der Waals surface area contributed by atoms with Gasteiger partial charge in [0.25, 0.3) is 18.9 Å². The number of nitrogens with two attached hydrogens (primary N) is 5. The molecule has 5 fully saturated rings. The van der Waals surface area contributed by atoms with Gasteiger partial charge in [0, 0.05) is 269 Å². The van der Waals surface area contributed by atoms with Crippen LogP contribution in [0.4, 0.5) is 71.0 Å². The number of carbonyl (C=O) groups is 7. The van der Waals surface area contributed by atoms with Crippen LogP contribution in [0.5, 0.6) is 5.75 Å². The number of alkyl halides is 1. The van der Waals surface area contributed by atoms with Crippen LogP contribution in [0.1, 0.15) is 126 Å². The molecule has 0 atom stereocenters. The summed E-state index contributed by atoms with van der Waals surface area (Å²) in [4.78, 5) is 113. The van der Waals surface area contributed by atoms with Crippen molar-refractivity contribution in [2.75, 3.05) is 166 Å². The van der Waals surface area contributed by atoms with Gasteiger partial charge in [0.1, 0.15) is 37.0 Å².